The smallest absolute Gasteiger partial charge is 0.324 e. The largest absolute Gasteiger partial charge is 0.333 e. The van der Waals surface area contributed by atoms with Crippen molar-refractivity contribution < 1.29 is 18.0 Å². The van der Waals surface area contributed by atoms with Crippen molar-refractivity contribution in [2.45, 2.75) is 36.9 Å². The number of hydrogen-bond donors (Lipinski definition) is 1. The van der Waals surface area contributed by atoms with Gasteiger partial charge >= 0.3 is 6.03 Å². The van der Waals surface area contributed by atoms with E-state index in [0.717, 1.165) is 16.0 Å². The number of rotatable bonds is 4. The second-order valence-corrected chi connectivity index (χ2v) is 9.02. The van der Waals surface area contributed by atoms with Crippen molar-refractivity contribution in [2.75, 3.05) is 6.54 Å². The second kappa shape index (κ2) is 7.03. The summed E-state index contributed by atoms with van der Waals surface area (Å²) >= 11 is 0. The fourth-order valence-corrected chi connectivity index (χ4v) is 5.37. The molecule has 2 aromatic rings. The summed E-state index contributed by atoms with van der Waals surface area (Å²) in [5, 5.41) is 2.80. The number of nitrogens with zero attached hydrogens (tertiary/aromatic N) is 2. The van der Waals surface area contributed by atoms with E-state index in [1.165, 1.54) is 4.31 Å². The molecule has 146 valence electrons. The molecule has 2 aliphatic heterocycles. The number of nitrogens with one attached hydrogen (secondary N) is 1. The monoisotopic (exact) mass is 399 g/mol. The van der Waals surface area contributed by atoms with Crippen molar-refractivity contribution in [1.82, 2.24) is 14.5 Å². The lowest BCUT2D eigenvalue weighted by atomic mass is 10.1. The molecular formula is C20H21N3O4S. The number of sulfonamides is 1. The van der Waals surface area contributed by atoms with Gasteiger partial charge in [0, 0.05) is 6.54 Å². The SMILES string of the molecule is Cc1ccc(S(=O)(=O)N2CC[C@H]3NC(=O)N(Cc4ccccc4)C(=O)[C@H]32)cc1. The highest BCUT2D eigenvalue weighted by Gasteiger charge is 2.51. The molecule has 2 atom stereocenters. The number of hydrogen-bond acceptors (Lipinski definition) is 4. The average molecular weight is 399 g/mol. The number of imide groups is 1. The van der Waals surface area contributed by atoms with Crippen LogP contribution in [0.5, 0.6) is 0 Å². The van der Waals surface area contributed by atoms with Crippen LogP contribution in [0.1, 0.15) is 17.5 Å². The number of benzene rings is 2. The van der Waals surface area contributed by atoms with E-state index in [-0.39, 0.29) is 18.0 Å². The van der Waals surface area contributed by atoms with Gasteiger partial charge in [-0.2, -0.15) is 4.31 Å². The van der Waals surface area contributed by atoms with Gasteiger partial charge in [0.15, 0.2) is 0 Å². The van der Waals surface area contributed by atoms with Crippen LogP contribution >= 0.6 is 0 Å². The first-order valence-corrected chi connectivity index (χ1v) is 10.6. The Morgan fingerprint density at radius 2 is 1.71 bits per heavy atom. The summed E-state index contributed by atoms with van der Waals surface area (Å²) in [7, 11) is -3.84. The Morgan fingerprint density at radius 3 is 2.39 bits per heavy atom. The molecule has 2 saturated heterocycles. The minimum atomic E-state index is -3.84. The Morgan fingerprint density at radius 1 is 1.04 bits per heavy atom. The molecule has 4 rings (SSSR count). The lowest BCUT2D eigenvalue weighted by Crippen LogP contribution is -2.64. The maximum absolute atomic E-state index is 13.1. The van der Waals surface area contributed by atoms with Crippen LogP contribution in [-0.2, 0) is 21.4 Å². The summed E-state index contributed by atoms with van der Waals surface area (Å²) in [6.45, 7) is 2.17. The van der Waals surface area contributed by atoms with E-state index in [1.54, 1.807) is 24.3 Å². The zero-order chi connectivity index (χ0) is 19.9. The van der Waals surface area contributed by atoms with Crippen molar-refractivity contribution in [3.8, 4) is 0 Å². The van der Waals surface area contributed by atoms with Gasteiger partial charge in [0.2, 0.25) is 10.0 Å². The van der Waals surface area contributed by atoms with Crippen LogP contribution in [0.15, 0.2) is 59.5 Å². The normalized spacial score (nSPS) is 22.8. The summed E-state index contributed by atoms with van der Waals surface area (Å²) in [6.07, 6.45) is 0.409. The molecule has 1 N–H and O–H groups in total. The summed E-state index contributed by atoms with van der Waals surface area (Å²) < 4.78 is 27.5. The van der Waals surface area contributed by atoms with Gasteiger partial charge in [-0.05, 0) is 31.0 Å². The summed E-state index contributed by atoms with van der Waals surface area (Å²) in [5.74, 6) is -0.481. The standard InChI is InChI=1S/C20H21N3O4S/c1-14-7-9-16(10-8-14)28(26,27)23-12-11-17-18(23)19(24)22(20(25)21-17)13-15-5-3-2-4-6-15/h2-10,17-18H,11-13H2,1H3,(H,21,25)/t17-,18+/m1/s1. The number of fused-ring (bicyclic) bond motifs is 1. The van der Waals surface area contributed by atoms with Crippen molar-refractivity contribution >= 4 is 22.0 Å². The van der Waals surface area contributed by atoms with E-state index in [9.17, 15) is 18.0 Å². The first kappa shape index (κ1) is 18.6. The highest BCUT2D eigenvalue weighted by Crippen LogP contribution is 2.30. The van der Waals surface area contributed by atoms with E-state index in [0.29, 0.717) is 6.42 Å². The molecule has 0 unspecified atom stereocenters. The first-order valence-electron chi connectivity index (χ1n) is 9.12. The fraction of sp³-hybridized carbons (Fsp3) is 0.300. The molecule has 7 nitrogen and oxygen atoms in total. The summed E-state index contributed by atoms with van der Waals surface area (Å²) in [6, 6.07) is 13.8. The van der Waals surface area contributed by atoms with Crippen LogP contribution in [0.3, 0.4) is 0 Å². The summed E-state index contributed by atoms with van der Waals surface area (Å²) in [4.78, 5) is 26.8. The third kappa shape index (κ3) is 3.18. The molecule has 0 aromatic heterocycles. The molecule has 3 amide bonds. The molecule has 8 heteroatoms. The van der Waals surface area contributed by atoms with Crippen molar-refractivity contribution in [3.63, 3.8) is 0 Å². The van der Waals surface area contributed by atoms with Gasteiger partial charge in [0.1, 0.15) is 6.04 Å². The predicted molar refractivity (Wildman–Crippen MR) is 103 cm³/mol. The molecule has 28 heavy (non-hydrogen) atoms. The molecule has 0 bridgehead atoms. The first-order chi connectivity index (χ1) is 13.4. The Kier molecular flexibility index (Phi) is 4.68. The van der Waals surface area contributed by atoms with Gasteiger partial charge < -0.3 is 5.32 Å². The molecule has 0 radical (unpaired) electrons. The third-order valence-electron chi connectivity index (χ3n) is 5.24. The average Bonchev–Trinajstić information content (AvgIpc) is 3.11. The van der Waals surface area contributed by atoms with Gasteiger partial charge in [0.05, 0.1) is 17.5 Å². The lowest BCUT2D eigenvalue weighted by Gasteiger charge is -2.36. The van der Waals surface area contributed by atoms with Crippen LogP contribution in [-0.4, -0.2) is 48.2 Å². The Bertz CT molecular complexity index is 1010. The fourth-order valence-electron chi connectivity index (χ4n) is 3.74. The highest BCUT2D eigenvalue weighted by atomic mass is 32.2. The van der Waals surface area contributed by atoms with Gasteiger partial charge in [-0.1, -0.05) is 48.0 Å². The van der Waals surface area contributed by atoms with Gasteiger partial charge in [0.25, 0.3) is 5.91 Å². The lowest BCUT2D eigenvalue weighted by molar-refractivity contribution is -0.134. The highest BCUT2D eigenvalue weighted by molar-refractivity contribution is 7.89. The van der Waals surface area contributed by atoms with E-state index in [4.69, 9.17) is 0 Å². The van der Waals surface area contributed by atoms with E-state index < -0.39 is 34.0 Å². The van der Waals surface area contributed by atoms with E-state index in [2.05, 4.69) is 5.32 Å². The topological polar surface area (TPSA) is 86.8 Å². The van der Waals surface area contributed by atoms with Crippen LogP contribution in [0.25, 0.3) is 0 Å². The Balaban J connectivity index is 1.63. The molecule has 0 saturated carbocycles. The van der Waals surface area contributed by atoms with E-state index in [1.807, 2.05) is 37.3 Å². The maximum atomic E-state index is 13.1. The molecule has 2 heterocycles. The third-order valence-corrected chi connectivity index (χ3v) is 7.13. The summed E-state index contributed by atoms with van der Waals surface area (Å²) in [5.41, 5.74) is 1.75. The molecule has 0 spiro atoms. The van der Waals surface area contributed by atoms with Crippen molar-refractivity contribution in [2.24, 2.45) is 0 Å². The predicted octanol–water partition coefficient (Wildman–Crippen LogP) is 1.88. The molecule has 0 aliphatic carbocycles. The molecular weight excluding hydrogens is 378 g/mol. The second-order valence-electron chi connectivity index (χ2n) is 7.13. The number of carbonyl (C=O) groups is 2. The van der Waals surface area contributed by atoms with Crippen molar-refractivity contribution in [1.29, 1.82) is 0 Å². The zero-order valence-corrected chi connectivity index (χ0v) is 16.2. The molecule has 2 fully saturated rings. The van der Waals surface area contributed by atoms with Crippen LogP contribution in [0.4, 0.5) is 4.79 Å². The van der Waals surface area contributed by atoms with Gasteiger partial charge in [-0.15, -0.1) is 0 Å². The Hall–Kier alpha value is -2.71. The molecule has 2 aliphatic rings. The van der Waals surface area contributed by atoms with Gasteiger partial charge in [-0.25, -0.2) is 13.2 Å². The van der Waals surface area contributed by atoms with E-state index >= 15 is 0 Å². The minimum Gasteiger partial charge on any atom is -0.333 e. The van der Waals surface area contributed by atoms with Crippen LogP contribution in [0.2, 0.25) is 0 Å². The minimum absolute atomic E-state index is 0.104. The number of carbonyl (C=O) groups excluding carboxylic acids is 2. The maximum Gasteiger partial charge on any atom is 0.324 e. The van der Waals surface area contributed by atoms with Crippen LogP contribution < -0.4 is 5.32 Å². The van der Waals surface area contributed by atoms with Gasteiger partial charge in [-0.3, -0.25) is 9.69 Å². The Labute approximate surface area is 164 Å². The number of amides is 3. The number of urea groups is 1. The van der Waals surface area contributed by atoms with Crippen molar-refractivity contribution in [3.05, 3.63) is 65.7 Å². The molecule has 2 aromatic carbocycles. The quantitative estimate of drug-likeness (QED) is 0.850. The number of aryl methyl sites for hydroxylation is 1. The zero-order valence-electron chi connectivity index (χ0n) is 15.4. The van der Waals surface area contributed by atoms with Crippen LogP contribution in [0, 0.1) is 6.92 Å².